The number of sulfone groups is 1. The zero-order valence-electron chi connectivity index (χ0n) is 8.94. The van der Waals surface area contributed by atoms with E-state index in [9.17, 15) is 8.42 Å². The van der Waals surface area contributed by atoms with E-state index >= 15 is 0 Å². The fourth-order valence-corrected chi connectivity index (χ4v) is 2.79. The number of nitrogen functional groups attached to an aromatic ring is 1. The molecule has 0 aliphatic heterocycles. The van der Waals surface area contributed by atoms with Gasteiger partial charge in [0.15, 0.2) is 9.84 Å². The van der Waals surface area contributed by atoms with Crippen molar-refractivity contribution in [1.82, 2.24) is 10.2 Å². The molecule has 0 aliphatic rings. The molecule has 0 fully saturated rings. The van der Waals surface area contributed by atoms with Crippen LogP contribution in [0.1, 0.15) is 0 Å². The Hall–Kier alpha value is -1.53. The Morgan fingerprint density at radius 1 is 1.41 bits per heavy atom. The van der Waals surface area contributed by atoms with E-state index in [1.54, 1.807) is 12.1 Å². The summed E-state index contributed by atoms with van der Waals surface area (Å²) in [5, 5.41) is 6.74. The molecule has 5 nitrogen and oxygen atoms in total. The monoisotopic (exact) mass is 271 g/mol. The first-order chi connectivity index (χ1) is 7.89. The molecule has 2 aromatic rings. The highest BCUT2D eigenvalue weighted by atomic mass is 35.5. The number of aromatic nitrogens is 2. The minimum absolute atomic E-state index is 0.147. The van der Waals surface area contributed by atoms with Crippen molar-refractivity contribution >= 4 is 27.3 Å². The molecule has 0 amide bonds. The number of hydrogen-bond donors (Lipinski definition) is 2. The maximum absolute atomic E-state index is 11.7. The third-order valence-corrected chi connectivity index (χ3v) is 3.70. The van der Waals surface area contributed by atoms with Gasteiger partial charge in [-0.2, -0.15) is 5.10 Å². The third kappa shape index (κ3) is 2.27. The molecule has 0 saturated carbocycles. The summed E-state index contributed by atoms with van der Waals surface area (Å²) in [5.41, 5.74) is 6.36. The van der Waals surface area contributed by atoms with Gasteiger partial charge in [0.1, 0.15) is 5.82 Å². The van der Waals surface area contributed by atoms with Gasteiger partial charge in [0.05, 0.1) is 15.6 Å². The smallest absolute Gasteiger partial charge is 0.176 e. The molecule has 1 aromatic heterocycles. The number of anilines is 1. The predicted molar refractivity (Wildman–Crippen MR) is 66.6 cm³/mol. The van der Waals surface area contributed by atoms with Crippen LogP contribution in [0.2, 0.25) is 5.02 Å². The fraction of sp³-hybridized carbons (Fsp3) is 0.100. The van der Waals surface area contributed by atoms with E-state index in [-0.39, 0.29) is 10.7 Å². The minimum atomic E-state index is -3.37. The number of H-pyrrole nitrogens is 1. The zero-order chi connectivity index (χ0) is 12.6. The third-order valence-electron chi connectivity index (χ3n) is 2.24. The van der Waals surface area contributed by atoms with Gasteiger partial charge in [-0.1, -0.05) is 17.7 Å². The number of hydrogen-bond acceptors (Lipinski definition) is 4. The van der Waals surface area contributed by atoms with Crippen LogP contribution in [0.3, 0.4) is 0 Å². The Balaban J connectivity index is 2.76. The van der Waals surface area contributed by atoms with Crippen LogP contribution in [-0.4, -0.2) is 24.9 Å². The van der Waals surface area contributed by atoms with Gasteiger partial charge in [0, 0.05) is 17.9 Å². The molecule has 7 heteroatoms. The Morgan fingerprint density at radius 2 is 2.12 bits per heavy atom. The number of nitrogens with zero attached hydrogens (tertiary/aromatic N) is 1. The Labute approximate surface area is 104 Å². The van der Waals surface area contributed by atoms with Crippen molar-refractivity contribution in [1.29, 1.82) is 0 Å². The maximum Gasteiger partial charge on any atom is 0.176 e. The fourth-order valence-electron chi connectivity index (χ4n) is 1.54. The molecule has 0 radical (unpaired) electrons. The second-order valence-corrected chi connectivity index (χ2v) is 5.98. The summed E-state index contributed by atoms with van der Waals surface area (Å²) in [7, 11) is -3.37. The largest absolute Gasteiger partial charge is 0.382 e. The van der Waals surface area contributed by atoms with Crippen LogP contribution in [0.25, 0.3) is 11.3 Å². The van der Waals surface area contributed by atoms with Crippen LogP contribution in [-0.2, 0) is 9.84 Å². The number of nitrogens with one attached hydrogen (secondary N) is 1. The summed E-state index contributed by atoms with van der Waals surface area (Å²) in [6.07, 6.45) is 1.13. The molecule has 1 heterocycles. The zero-order valence-corrected chi connectivity index (χ0v) is 10.5. The molecular formula is C10H10ClN3O2S. The van der Waals surface area contributed by atoms with Crippen LogP contribution in [0.5, 0.6) is 0 Å². The Bertz CT molecular complexity index is 664. The van der Waals surface area contributed by atoms with E-state index in [1.807, 2.05) is 0 Å². The van der Waals surface area contributed by atoms with E-state index < -0.39 is 9.84 Å². The second-order valence-electron chi connectivity index (χ2n) is 3.59. The van der Waals surface area contributed by atoms with Gasteiger partial charge < -0.3 is 5.73 Å². The van der Waals surface area contributed by atoms with Crippen molar-refractivity contribution in [2.24, 2.45) is 0 Å². The maximum atomic E-state index is 11.7. The molecule has 3 N–H and O–H groups in total. The van der Waals surface area contributed by atoms with Crippen LogP contribution in [0.4, 0.5) is 5.82 Å². The van der Waals surface area contributed by atoms with Crippen LogP contribution < -0.4 is 5.73 Å². The first kappa shape index (κ1) is 11.9. The van der Waals surface area contributed by atoms with E-state index in [2.05, 4.69) is 10.2 Å². The van der Waals surface area contributed by atoms with E-state index in [4.69, 9.17) is 17.3 Å². The molecule has 90 valence electrons. The summed E-state index contributed by atoms with van der Waals surface area (Å²) < 4.78 is 23.3. The van der Waals surface area contributed by atoms with Gasteiger partial charge in [0.2, 0.25) is 0 Å². The van der Waals surface area contributed by atoms with Gasteiger partial charge in [-0.25, -0.2) is 8.42 Å². The Morgan fingerprint density at radius 3 is 2.65 bits per heavy atom. The molecule has 1 aromatic carbocycles. The quantitative estimate of drug-likeness (QED) is 0.870. The minimum Gasteiger partial charge on any atom is -0.382 e. The van der Waals surface area contributed by atoms with Gasteiger partial charge in [0.25, 0.3) is 0 Å². The topological polar surface area (TPSA) is 88.8 Å². The molecule has 0 aliphatic carbocycles. The highest BCUT2D eigenvalue weighted by Crippen LogP contribution is 2.33. The molecule has 0 atom stereocenters. The van der Waals surface area contributed by atoms with E-state index in [0.717, 1.165) is 6.26 Å². The summed E-state index contributed by atoms with van der Waals surface area (Å²) in [6, 6.07) is 6.23. The van der Waals surface area contributed by atoms with Crippen LogP contribution >= 0.6 is 11.6 Å². The average Bonchev–Trinajstić information content (AvgIpc) is 2.63. The van der Waals surface area contributed by atoms with Crippen molar-refractivity contribution < 1.29 is 8.42 Å². The van der Waals surface area contributed by atoms with Gasteiger partial charge in [-0.15, -0.1) is 0 Å². The highest BCUT2D eigenvalue weighted by Gasteiger charge is 2.18. The SMILES string of the molecule is CS(=O)(=O)c1cccc(Cl)c1-c1cc(N)n[nH]1. The predicted octanol–water partition coefficient (Wildman–Crippen LogP) is 1.72. The number of rotatable bonds is 2. The molecule has 0 unspecified atom stereocenters. The molecule has 0 bridgehead atoms. The van der Waals surface area contributed by atoms with E-state index in [1.165, 1.54) is 12.1 Å². The lowest BCUT2D eigenvalue weighted by Gasteiger charge is -2.07. The van der Waals surface area contributed by atoms with E-state index in [0.29, 0.717) is 16.3 Å². The normalized spacial score (nSPS) is 11.6. The first-order valence-corrected chi connectivity index (χ1v) is 6.96. The number of halogens is 1. The molecule has 0 spiro atoms. The lowest BCUT2D eigenvalue weighted by atomic mass is 10.1. The molecule has 0 saturated heterocycles. The summed E-state index contributed by atoms with van der Waals surface area (Å²) in [5.74, 6) is 0.277. The van der Waals surface area contributed by atoms with Crippen LogP contribution in [0.15, 0.2) is 29.2 Å². The standard InChI is InChI=1S/C10H10ClN3O2S/c1-17(15,16)8-4-2-3-6(11)10(8)7-5-9(12)14-13-7/h2-5H,1H3,(H3,12,13,14). The summed E-state index contributed by atoms with van der Waals surface area (Å²) in [6.45, 7) is 0. The van der Waals surface area contributed by atoms with Crippen molar-refractivity contribution in [3.63, 3.8) is 0 Å². The number of aromatic amines is 1. The molecule has 17 heavy (non-hydrogen) atoms. The highest BCUT2D eigenvalue weighted by molar-refractivity contribution is 7.90. The van der Waals surface area contributed by atoms with Crippen molar-refractivity contribution in [2.75, 3.05) is 12.0 Å². The van der Waals surface area contributed by atoms with Crippen molar-refractivity contribution in [3.05, 3.63) is 29.3 Å². The second kappa shape index (κ2) is 4.05. The average molecular weight is 272 g/mol. The molecule has 2 rings (SSSR count). The number of nitrogens with two attached hydrogens (primary N) is 1. The van der Waals surface area contributed by atoms with Gasteiger partial charge >= 0.3 is 0 Å². The summed E-state index contributed by atoms with van der Waals surface area (Å²) >= 11 is 6.03. The lowest BCUT2D eigenvalue weighted by Crippen LogP contribution is -2.00. The lowest BCUT2D eigenvalue weighted by molar-refractivity contribution is 0.602. The first-order valence-electron chi connectivity index (χ1n) is 4.69. The van der Waals surface area contributed by atoms with Crippen molar-refractivity contribution in [2.45, 2.75) is 4.90 Å². The summed E-state index contributed by atoms with van der Waals surface area (Å²) in [4.78, 5) is 0.147. The number of benzene rings is 1. The van der Waals surface area contributed by atoms with Gasteiger partial charge in [-0.05, 0) is 12.1 Å². The van der Waals surface area contributed by atoms with Crippen LogP contribution in [0, 0.1) is 0 Å². The van der Waals surface area contributed by atoms with Crippen molar-refractivity contribution in [3.8, 4) is 11.3 Å². The van der Waals surface area contributed by atoms with Gasteiger partial charge in [-0.3, -0.25) is 5.10 Å². The Kier molecular flexibility index (Phi) is 2.84. The molecular weight excluding hydrogens is 262 g/mol.